The highest BCUT2D eigenvalue weighted by Gasteiger charge is 2.35. The molecule has 0 spiro atoms. The van der Waals surface area contributed by atoms with E-state index in [1.54, 1.807) is 41.4 Å². The Bertz CT molecular complexity index is 2030. The van der Waals surface area contributed by atoms with Crippen molar-refractivity contribution in [2.45, 2.75) is 25.1 Å². The molecule has 1 saturated heterocycles. The molecule has 1 fully saturated rings. The Morgan fingerprint density at radius 2 is 1.70 bits per heavy atom. The van der Waals surface area contributed by atoms with Gasteiger partial charge in [-0.1, -0.05) is 30.3 Å². The fraction of sp³-hybridized carbons (Fsp3) is 0.189. The molecule has 0 radical (unpaired) electrons. The predicted molar refractivity (Wildman–Crippen MR) is 181 cm³/mol. The summed E-state index contributed by atoms with van der Waals surface area (Å²) in [6.45, 7) is 0.195. The number of nitrogens with one attached hydrogen (secondary N) is 3. The highest BCUT2D eigenvalue weighted by Crippen LogP contribution is 2.26. The summed E-state index contributed by atoms with van der Waals surface area (Å²) in [4.78, 5) is 54.5. The minimum absolute atomic E-state index is 0.0443. The van der Waals surface area contributed by atoms with Crippen LogP contribution < -0.4 is 25.4 Å². The van der Waals surface area contributed by atoms with Gasteiger partial charge in [-0.3, -0.25) is 19.4 Å². The molecule has 50 heavy (non-hydrogen) atoms. The molecule has 12 nitrogen and oxygen atoms in total. The van der Waals surface area contributed by atoms with Crippen LogP contribution in [-0.4, -0.2) is 69.4 Å². The Hall–Kier alpha value is -6.37. The summed E-state index contributed by atoms with van der Waals surface area (Å²) in [7, 11) is 0. The topological polar surface area (TPSA) is 148 Å². The lowest BCUT2D eigenvalue weighted by molar-refractivity contribution is -0.123. The lowest BCUT2D eigenvalue weighted by Gasteiger charge is -2.39. The molecule has 252 valence electrons. The first-order valence-electron chi connectivity index (χ1n) is 16.0. The number of piperidine rings is 1. The van der Waals surface area contributed by atoms with Crippen molar-refractivity contribution in [3.63, 3.8) is 0 Å². The summed E-state index contributed by atoms with van der Waals surface area (Å²) in [5, 5.41) is 8.87. The van der Waals surface area contributed by atoms with E-state index in [4.69, 9.17) is 9.47 Å². The van der Waals surface area contributed by atoms with Gasteiger partial charge in [0.25, 0.3) is 17.7 Å². The van der Waals surface area contributed by atoms with Crippen molar-refractivity contribution in [3.8, 4) is 22.6 Å². The van der Waals surface area contributed by atoms with Crippen LogP contribution in [0.25, 0.3) is 11.1 Å². The standard InChI is InChI=1S/C37H32FN7O5/c38-28-11-23-12-31(15-28)50-33-9-10-45(36(48)27-19-41-37(42-20-27)43-29-6-2-1-3-7-29)21-32(33)44-35(47)26-13-25(17-39-18-26)24-5-4-8-30(14-24)49-22-34(46)40-16-23/h1-8,11-15,17-20,32-33H,9-10,16,21-22H2,(H,40,46)(H,44,47)(H,41,42,43)/t32-,33+/m1/s1. The molecule has 6 bridgehead atoms. The second-order valence-electron chi connectivity index (χ2n) is 11.9. The lowest BCUT2D eigenvalue weighted by Crippen LogP contribution is -2.58. The molecule has 3 amide bonds. The molecule has 2 atom stereocenters. The molecule has 4 heterocycles. The van der Waals surface area contributed by atoms with Crippen LogP contribution in [0, 0.1) is 5.82 Å². The molecule has 2 aromatic heterocycles. The Morgan fingerprint density at radius 3 is 2.54 bits per heavy atom. The van der Waals surface area contributed by atoms with Crippen molar-refractivity contribution in [3.05, 3.63) is 126 Å². The Labute approximate surface area is 286 Å². The minimum atomic E-state index is -0.686. The third-order valence-electron chi connectivity index (χ3n) is 8.33. The number of fused-ring (bicyclic) bond motifs is 8. The number of carbonyl (C=O) groups is 3. The van der Waals surface area contributed by atoms with Gasteiger partial charge in [0.05, 0.1) is 17.2 Å². The SMILES string of the molecule is O=C1COc2cccc(c2)-c2cncc(c2)C(=O)N[C@@H]2CN(C(=O)c3cnc(Nc4ccccc4)nc3)CC[C@@H]2Oc2cc(F)cc(c2)CN1. The van der Waals surface area contributed by atoms with Gasteiger partial charge in [-0.05, 0) is 53.6 Å². The molecule has 3 N–H and O–H groups in total. The number of hydrogen-bond acceptors (Lipinski definition) is 9. The molecule has 3 aromatic carbocycles. The first kappa shape index (κ1) is 32.2. The zero-order chi connectivity index (χ0) is 34.5. The Morgan fingerprint density at radius 1 is 0.880 bits per heavy atom. The number of para-hydroxylation sites is 1. The van der Waals surface area contributed by atoms with Gasteiger partial charge in [0, 0.05) is 68.2 Å². The smallest absolute Gasteiger partial charge is 0.258 e. The summed E-state index contributed by atoms with van der Waals surface area (Å²) in [5.74, 6) is -0.650. The first-order chi connectivity index (χ1) is 24.4. The van der Waals surface area contributed by atoms with E-state index in [0.717, 1.165) is 11.3 Å². The number of pyridine rings is 1. The van der Waals surface area contributed by atoms with E-state index >= 15 is 0 Å². The van der Waals surface area contributed by atoms with Crippen LogP contribution in [-0.2, 0) is 11.3 Å². The van der Waals surface area contributed by atoms with Crippen LogP contribution in [0.15, 0.2) is 104 Å². The molecule has 0 aliphatic carbocycles. The van der Waals surface area contributed by atoms with Gasteiger partial charge in [0.1, 0.15) is 23.4 Å². The van der Waals surface area contributed by atoms with Gasteiger partial charge < -0.3 is 30.3 Å². The molecule has 0 saturated carbocycles. The number of ether oxygens (including phenoxy) is 2. The van der Waals surface area contributed by atoms with Gasteiger partial charge in [-0.2, -0.15) is 0 Å². The molecule has 5 aromatic rings. The maximum atomic E-state index is 14.8. The van der Waals surface area contributed by atoms with Gasteiger partial charge in [0.2, 0.25) is 5.95 Å². The molecule has 2 aliphatic rings. The minimum Gasteiger partial charge on any atom is -0.488 e. The number of carbonyl (C=O) groups excluding carboxylic acids is 3. The summed E-state index contributed by atoms with van der Waals surface area (Å²) >= 11 is 0. The highest BCUT2D eigenvalue weighted by molar-refractivity contribution is 5.96. The molecule has 7 rings (SSSR count). The van der Waals surface area contributed by atoms with Crippen molar-refractivity contribution < 1.29 is 28.2 Å². The van der Waals surface area contributed by atoms with Gasteiger partial charge in [0.15, 0.2) is 6.61 Å². The van der Waals surface area contributed by atoms with Gasteiger partial charge in [-0.15, -0.1) is 0 Å². The Balaban J connectivity index is 1.16. The van der Waals surface area contributed by atoms with Crippen LogP contribution in [0.3, 0.4) is 0 Å². The van der Waals surface area contributed by atoms with Crippen LogP contribution in [0.4, 0.5) is 16.0 Å². The predicted octanol–water partition coefficient (Wildman–Crippen LogP) is 4.52. The number of hydrogen-bond donors (Lipinski definition) is 3. The van der Waals surface area contributed by atoms with Crippen molar-refractivity contribution in [1.29, 1.82) is 0 Å². The van der Waals surface area contributed by atoms with E-state index in [2.05, 4.69) is 30.9 Å². The summed E-state index contributed by atoms with van der Waals surface area (Å²) in [6.07, 6.45) is 5.70. The number of halogens is 1. The molecule has 2 aliphatic heterocycles. The van der Waals surface area contributed by atoms with Crippen molar-refractivity contribution in [2.75, 3.05) is 25.0 Å². The number of anilines is 2. The fourth-order valence-corrected chi connectivity index (χ4v) is 5.84. The first-order valence-corrected chi connectivity index (χ1v) is 16.0. The van der Waals surface area contributed by atoms with E-state index < -0.39 is 23.9 Å². The molecular weight excluding hydrogens is 641 g/mol. The maximum absolute atomic E-state index is 14.8. The number of amides is 3. The van der Waals surface area contributed by atoms with Crippen LogP contribution in [0.5, 0.6) is 11.5 Å². The van der Waals surface area contributed by atoms with Crippen molar-refractivity contribution >= 4 is 29.4 Å². The second-order valence-corrected chi connectivity index (χ2v) is 11.9. The summed E-state index contributed by atoms with van der Waals surface area (Å²) in [6, 6.07) is 21.7. The third kappa shape index (κ3) is 7.67. The zero-order valence-corrected chi connectivity index (χ0v) is 26.7. The highest BCUT2D eigenvalue weighted by atomic mass is 19.1. The largest absolute Gasteiger partial charge is 0.488 e. The number of likely N-dealkylation sites (tertiary alicyclic amines) is 1. The van der Waals surface area contributed by atoms with E-state index in [1.807, 2.05) is 36.4 Å². The molecule has 0 unspecified atom stereocenters. The third-order valence-corrected chi connectivity index (χ3v) is 8.33. The summed E-state index contributed by atoms with van der Waals surface area (Å²) in [5.41, 5.74) is 3.26. The van der Waals surface area contributed by atoms with Crippen LogP contribution in [0.2, 0.25) is 0 Å². The second kappa shape index (κ2) is 14.4. The number of aromatic nitrogens is 3. The fourth-order valence-electron chi connectivity index (χ4n) is 5.84. The van der Waals surface area contributed by atoms with Gasteiger partial charge >= 0.3 is 0 Å². The average molecular weight is 674 g/mol. The maximum Gasteiger partial charge on any atom is 0.258 e. The lowest BCUT2D eigenvalue weighted by atomic mass is 10.00. The monoisotopic (exact) mass is 673 g/mol. The number of nitrogens with zero attached hydrogens (tertiary/aromatic N) is 4. The Kier molecular flexibility index (Phi) is 9.27. The normalized spacial score (nSPS) is 17.7. The van der Waals surface area contributed by atoms with Crippen molar-refractivity contribution in [2.24, 2.45) is 0 Å². The van der Waals surface area contributed by atoms with E-state index in [1.165, 1.54) is 30.7 Å². The van der Waals surface area contributed by atoms with E-state index in [-0.39, 0.29) is 48.4 Å². The van der Waals surface area contributed by atoms with E-state index in [9.17, 15) is 18.8 Å². The average Bonchev–Trinajstić information content (AvgIpc) is 3.14. The van der Waals surface area contributed by atoms with Crippen LogP contribution >= 0.6 is 0 Å². The number of rotatable bonds is 3. The van der Waals surface area contributed by atoms with Crippen molar-refractivity contribution in [1.82, 2.24) is 30.5 Å². The van der Waals surface area contributed by atoms with E-state index in [0.29, 0.717) is 35.8 Å². The van der Waals surface area contributed by atoms with Crippen LogP contribution in [0.1, 0.15) is 32.7 Å². The van der Waals surface area contributed by atoms with Gasteiger partial charge in [-0.25, -0.2) is 14.4 Å². The molecule has 13 heteroatoms. The molecular formula is C37H32FN7O5. The number of benzene rings is 3. The zero-order valence-electron chi connectivity index (χ0n) is 26.7. The quantitative estimate of drug-likeness (QED) is 0.252. The summed E-state index contributed by atoms with van der Waals surface area (Å²) < 4.78 is 26.7.